The molecule has 2 aliphatic carbocycles. The Kier molecular flexibility index (Phi) is 6.53. The molecule has 6 heterocycles. The fourth-order valence-electron chi connectivity index (χ4n) is 10.2. The third-order valence-electron chi connectivity index (χ3n) is 12.1. The lowest BCUT2D eigenvalue weighted by Crippen LogP contribution is -2.67. The minimum absolute atomic E-state index is 0.0242. The van der Waals surface area contributed by atoms with Gasteiger partial charge in [0.2, 0.25) is 6.29 Å². The van der Waals surface area contributed by atoms with Crippen LogP contribution in [0.4, 0.5) is 0 Å². The second-order valence-corrected chi connectivity index (χ2v) is 15.0. The van der Waals surface area contributed by atoms with Crippen molar-refractivity contribution in [1.82, 2.24) is 5.32 Å². The van der Waals surface area contributed by atoms with E-state index in [4.69, 9.17) is 47.4 Å². The van der Waals surface area contributed by atoms with E-state index in [0.29, 0.717) is 67.8 Å². The largest absolute Gasteiger partial charge is 0.506 e. The molecule has 9 atom stereocenters. The first-order chi connectivity index (χ1) is 23.7. The van der Waals surface area contributed by atoms with Crippen molar-refractivity contribution in [2.45, 2.75) is 118 Å². The van der Waals surface area contributed by atoms with E-state index < -0.39 is 47.4 Å². The van der Waals surface area contributed by atoms with E-state index in [1.807, 2.05) is 13.0 Å². The Balaban J connectivity index is 1.16. The predicted octanol–water partition coefficient (Wildman–Crippen LogP) is 3.11. The zero-order valence-electron chi connectivity index (χ0n) is 28.4. The summed E-state index contributed by atoms with van der Waals surface area (Å²) in [5, 5.41) is 16.6. The Morgan fingerprint density at radius 1 is 1.10 bits per heavy atom. The van der Waals surface area contributed by atoms with Crippen LogP contribution in [-0.4, -0.2) is 111 Å². The summed E-state index contributed by atoms with van der Waals surface area (Å²) >= 11 is 0. The van der Waals surface area contributed by atoms with Gasteiger partial charge in [0.05, 0.1) is 62.6 Å². The number of carbonyl (C=O) groups is 1. The van der Waals surface area contributed by atoms with Crippen molar-refractivity contribution in [3.63, 3.8) is 0 Å². The lowest BCUT2D eigenvalue weighted by molar-refractivity contribution is -0.370. The third-order valence-corrected chi connectivity index (χ3v) is 12.1. The van der Waals surface area contributed by atoms with Gasteiger partial charge in [-0.2, -0.15) is 0 Å². The number of phenols is 1. The van der Waals surface area contributed by atoms with Crippen molar-refractivity contribution in [2.24, 2.45) is 0 Å². The van der Waals surface area contributed by atoms with Crippen molar-refractivity contribution < 1.29 is 57.3 Å². The number of rotatable bonds is 7. The first-order valence-electron chi connectivity index (χ1n) is 17.6. The Morgan fingerprint density at radius 3 is 2.61 bits per heavy atom. The number of Topliss-reactive ketones (excluding diaryl/α,β-unsaturated/α-hetero) is 1. The highest BCUT2D eigenvalue weighted by Crippen LogP contribution is 2.85. The monoisotopic (exact) mass is 681 g/mol. The molecule has 5 saturated heterocycles. The standard InChI is InChI=1S/C36H43NO12/c1-16(2)37-20-14-44-23(13-22(20)40-4)46-35-31-27(34(33(35)15-45-33)36(48-31,49-34)32-42-10-7-11-43-32)24-17(3)12-19-26(30(24)47-35)28(39)25-18(29(19)41-5)8-6-9-21(25)38/h12,16,20,22-23,27,31-32,37,39H,6-11,13-15H2,1-5H3/t20?,22?,23?,27?,31?,33-,34?,35-,36?/m1/s1. The summed E-state index contributed by atoms with van der Waals surface area (Å²) in [4.78, 5) is 13.4. The van der Waals surface area contributed by atoms with Gasteiger partial charge in [-0.25, -0.2) is 0 Å². The Hall–Kier alpha value is -2.59. The maximum Gasteiger partial charge on any atom is 0.274 e. The number of phenolic OH excluding ortho intramolecular Hbond substituents is 1. The molecule has 1 saturated carbocycles. The van der Waals surface area contributed by atoms with Crippen molar-refractivity contribution in [1.29, 1.82) is 0 Å². The molecule has 264 valence electrons. The van der Waals surface area contributed by atoms with Crippen LogP contribution >= 0.6 is 0 Å². The maximum atomic E-state index is 13.4. The highest BCUT2D eigenvalue weighted by Gasteiger charge is 3.07. The molecule has 13 nitrogen and oxygen atoms in total. The number of ketones is 1. The van der Waals surface area contributed by atoms with Crippen LogP contribution in [0.2, 0.25) is 0 Å². The van der Waals surface area contributed by atoms with Gasteiger partial charge in [0.1, 0.15) is 23.4 Å². The fraction of sp³-hybridized carbons (Fsp3) is 0.694. The minimum Gasteiger partial charge on any atom is -0.506 e. The average Bonchev–Trinajstić information content (AvgIpc) is 4.00. The first kappa shape index (κ1) is 31.2. The number of hydrogen-bond donors (Lipinski definition) is 2. The van der Waals surface area contributed by atoms with Crippen molar-refractivity contribution in [3.05, 3.63) is 28.3 Å². The molecular formula is C36H43NO12. The number of methoxy groups -OCH3 is 2. The Bertz CT molecular complexity index is 1770. The Labute approximate surface area is 283 Å². The normalized spacial score (nSPS) is 41.5. The van der Waals surface area contributed by atoms with Gasteiger partial charge in [-0.1, -0.05) is 13.8 Å². The molecule has 6 aliphatic heterocycles. The second-order valence-electron chi connectivity index (χ2n) is 15.0. The third kappa shape index (κ3) is 3.64. The molecule has 6 fully saturated rings. The molecule has 8 aliphatic rings. The molecule has 0 radical (unpaired) electrons. The summed E-state index contributed by atoms with van der Waals surface area (Å²) < 4.78 is 65.1. The van der Waals surface area contributed by atoms with E-state index >= 15 is 0 Å². The number of aromatic hydroxyl groups is 1. The zero-order chi connectivity index (χ0) is 33.7. The highest BCUT2D eigenvalue weighted by molar-refractivity contribution is 6.11. The van der Waals surface area contributed by atoms with Crippen LogP contribution in [-0.2, 0) is 44.3 Å². The minimum atomic E-state index is -1.54. The molecule has 2 aromatic rings. The molecule has 0 amide bonds. The molecule has 0 aromatic heterocycles. The zero-order valence-corrected chi connectivity index (χ0v) is 28.4. The van der Waals surface area contributed by atoms with Crippen LogP contribution in [0, 0.1) is 6.92 Å². The highest BCUT2D eigenvalue weighted by atomic mass is 16.9. The number of aryl methyl sites for hydroxylation is 1. The van der Waals surface area contributed by atoms with Crippen molar-refractivity contribution >= 4 is 16.6 Å². The molecular weight excluding hydrogens is 638 g/mol. The van der Waals surface area contributed by atoms with E-state index in [-0.39, 0.29) is 41.9 Å². The summed E-state index contributed by atoms with van der Waals surface area (Å²) in [5.74, 6) is -2.48. The van der Waals surface area contributed by atoms with Crippen LogP contribution < -0.4 is 14.8 Å². The van der Waals surface area contributed by atoms with Gasteiger partial charge < -0.3 is 57.8 Å². The topological polar surface area (TPSA) is 148 Å². The summed E-state index contributed by atoms with van der Waals surface area (Å²) in [5.41, 5.74) is 0.546. The van der Waals surface area contributed by atoms with Crippen LogP contribution in [0.1, 0.15) is 72.5 Å². The van der Waals surface area contributed by atoms with Crippen LogP contribution in [0.5, 0.6) is 17.2 Å². The molecule has 2 N–H and O–H groups in total. The number of carbonyl (C=O) groups excluding carboxylic acids is 1. The molecule has 13 heteroatoms. The lowest BCUT2D eigenvalue weighted by atomic mass is 9.78. The summed E-state index contributed by atoms with van der Waals surface area (Å²) in [6, 6.07) is 2.22. The van der Waals surface area contributed by atoms with Crippen LogP contribution in [0.25, 0.3) is 10.8 Å². The Morgan fingerprint density at radius 2 is 1.90 bits per heavy atom. The molecule has 2 spiro atoms. The van der Waals surface area contributed by atoms with Gasteiger partial charge in [0.15, 0.2) is 23.3 Å². The van der Waals surface area contributed by atoms with Gasteiger partial charge in [-0.05, 0) is 37.8 Å². The van der Waals surface area contributed by atoms with Crippen molar-refractivity contribution in [2.75, 3.05) is 40.6 Å². The SMILES string of the molecule is COc1c2c(c(O)c3c4c(c(C)cc13)C1C3OC5(C6OCCCO6)OC15[C@]1(CO1)[C@]3(OC1CC(OC)C(NC(C)C)CO1)O4)C(=O)CCC2. The van der Waals surface area contributed by atoms with Gasteiger partial charge in [-0.3, -0.25) is 4.79 Å². The smallest absolute Gasteiger partial charge is 0.274 e. The quantitative estimate of drug-likeness (QED) is 0.413. The molecule has 49 heavy (non-hydrogen) atoms. The molecule has 2 aromatic carbocycles. The van der Waals surface area contributed by atoms with Crippen LogP contribution in [0.3, 0.4) is 0 Å². The molecule has 4 bridgehead atoms. The molecule has 10 rings (SSSR count). The van der Waals surface area contributed by atoms with E-state index in [0.717, 1.165) is 23.1 Å². The number of ether oxygens (including phenoxy) is 10. The second kappa shape index (κ2) is 10.3. The van der Waals surface area contributed by atoms with Crippen LogP contribution in [0.15, 0.2) is 6.07 Å². The number of nitrogens with one attached hydrogen (secondary N) is 1. The van der Waals surface area contributed by atoms with E-state index in [1.54, 1.807) is 14.2 Å². The van der Waals surface area contributed by atoms with Crippen molar-refractivity contribution in [3.8, 4) is 17.2 Å². The van der Waals surface area contributed by atoms with E-state index in [9.17, 15) is 9.90 Å². The van der Waals surface area contributed by atoms with Gasteiger partial charge in [0, 0.05) is 42.5 Å². The number of fused-ring (bicyclic) bond motifs is 5. The molecule has 7 unspecified atom stereocenters. The number of benzene rings is 2. The lowest BCUT2D eigenvalue weighted by Gasteiger charge is -2.47. The summed E-state index contributed by atoms with van der Waals surface area (Å²) in [7, 11) is 3.29. The number of epoxide rings is 2. The number of hydrogen-bond acceptors (Lipinski definition) is 13. The fourth-order valence-corrected chi connectivity index (χ4v) is 10.2. The maximum absolute atomic E-state index is 13.4. The van der Waals surface area contributed by atoms with E-state index in [2.05, 4.69) is 19.2 Å². The predicted molar refractivity (Wildman–Crippen MR) is 169 cm³/mol. The summed E-state index contributed by atoms with van der Waals surface area (Å²) in [6.45, 7) is 7.87. The van der Waals surface area contributed by atoms with Gasteiger partial charge >= 0.3 is 0 Å². The van der Waals surface area contributed by atoms with E-state index in [1.165, 1.54) is 0 Å². The first-order valence-corrected chi connectivity index (χ1v) is 17.6. The summed E-state index contributed by atoms with van der Waals surface area (Å²) in [6.07, 6.45) is 0.482. The van der Waals surface area contributed by atoms with Gasteiger partial charge in [-0.15, -0.1) is 0 Å². The van der Waals surface area contributed by atoms with Gasteiger partial charge in [0.25, 0.3) is 11.6 Å². The average molecular weight is 682 g/mol.